The molecule has 2 rings (SSSR count). The second-order valence-electron chi connectivity index (χ2n) is 4.81. The third-order valence-electron chi connectivity index (χ3n) is 3.07. The van der Waals surface area contributed by atoms with Crippen molar-refractivity contribution >= 4 is 32.4 Å². The monoisotopic (exact) mass is 353 g/mol. The van der Waals surface area contributed by atoms with Gasteiger partial charge in [-0.15, -0.1) is 11.3 Å². The molecule has 0 fully saturated rings. The van der Waals surface area contributed by atoms with Crippen LogP contribution >= 0.6 is 27.3 Å². The minimum atomic E-state index is 0.581. The number of anilines is 1. The summed E-state index contributed by atoms with van der Waals surface area (Å²) in [7, 11) is 2.08. The SMILES string of the molecule is CCCc1nc(N(C)Cc2cccc(Br)c2)sc1CN. The topological polar surface area (TPSA) is 42.2 Å². The minimum absolute atomic E-state index is 0.581. The third-order valence-corrected chi connectivity index (χ3v) is 4.80. The van der Waals surface area contributed by atoms with Gasteiger partial charge in [0.1, 0.15) is 0 Å². The Kier molecular flexibility index (Phi) is 5.57. The molecule has 0 bridgehead atoms. The van der Waals surface area contributed by atoms with Crippen molar-refractivity contribution in [3.8, 4) is 0 Å². The molecule has 0 saturated heterocycles. The molecule has 0 aliphatic rings. The molecule has 0 spiro atoms. The largest absolute Gasteiger partial charge is 0.347 e. The molecule has 0 amide bonds. The molecule has 0 aliphatic heterocycles. The van der Waals surface area contributed by atoms with Crippen LogP contribution < -0.4 is 10.6 Å². The van der Waals surface area contributed by atoms with E-state index in [2.05, 4.69) is 53.0 Å². The lowest BCUT2D eigenvalue weighted by atomic mass is 10.2. The first-order valence-electron chi connectivity index (χ1n) is 6.78. The second-order valence-corrected chi connectivity index (χ2v) is 6.78. The summed E-state index contributed by atoms with van der Waals surface area (Å²) in [5.41, 5.74) is 8.24. The highest BCUT2D eigenvalue weighted by atomic mass is 79.9. The van der Waals surface area contributed by atoms with Crippen LogP contribution in [0.15, 0.2) is 28.7 Å². The minimum Gasteiger partial charge on any atom is -0.347 e. The third kappa shape index (κ3) is 3.81. The predicted octanol–water partition coefficient (Wildman–Crippen LogP) is 3.95. The van der Waals surface area contributed by atoms with Gasteiger partial charge in [-0.25, -0.2) is 4.98 Å². The van der Waals surface area contributed by atoms with Gasteiger partial charge in [0.2, 0.25) is 0 Å². The number of thiazole rings is 1. The molecule has 108 valence electrons. The fourth-order valence-corrected chi connectivity index (χ4v) is 3.49. The van der Waals surface area contributed by atoms with E-state index in [9.17, 15) is 0 Å². The molecular weight excluding hydrogens is 334 g/mol. The van der Waals surface area contributed by atoms with Gasteiger partial charge in [0, 0.05) is 29.5 Å². The first kappa shape index (κ1) is 15.5. The number of halogens is 1. The van der Waals surface area contributed by atoms with Crippen LogP contribution in [0.4, 0.5) is 5.13 Å². The fourth-order valence-electron chi connectivity index (χ4n) is 2.10. The molecule has 20 heavy (non-hydrogen) atoms. The summed E-state index contributed by atoms with van der Waals surface area (Å²) in [6.45, 7) is 3.60. The molecule has 0 aliphatic carbocycles. The second kappa shape index (κ2) is 7.20. The predicted molar refractivity (Wildman–Crippen MR) is 90.2 cm³/mol. The summed E-state index contributed by atoms with van der Waals surface area (Å²) in [5, 5.41) is 1.05. The molecule has 0 unspecified atom stereocenters. The molecule has 0 atom stereocenters. The van der Waals surface area contributed by atoms with Crippen LogP contribution in [-0.2, 0) is 19.5 Å². The Bertz CT molecular complexity index is 568. The quantitative estimate of drug-likeness (QED) is 0.854. The fraction of sp³-hybridized carbons (Fsp3) is 0.400. The van der Waals surface area contributed by atoms with Crippen LogP contribution in [0.5, 0.6) is 0 Å². The van der Waals surface area contributed by atoms with E-state index in [4.69, 9.17) is 10.7 Å². The zero-order valence-electron chi connectivity index (χ0n) is 11.9. The Morgan fingerprint density at radius 3 is 2.85 bits per heavy atom. The number of hydrogen-bond acceptors (Lipinski definition) is 4. The number of nitrogens with zero attached hydrogens (tertiary/aromatic N) is 2. The Morgan fingerprint density at radius 1 is 1.40 bits per heavy atom. The lowest BCUT2D eigenvalue weighted by Gasteiger charge is -2.15. The van der Waals surface area contributed by atoms with Gasteiger partial charge in [0.15, 0.2) is 5.13 Å². The molecule has 1 heterocycles. The highest BCUT2D eigenvalue weighted by molar-refractivity contribution is 9.10. The molecule has 5 heteroatoms. The van der Waals surface area contributed by atoms with Crippen molar-refractivity contribution in [3.05, 3.63) is 44.9 Å². The van der Waals surface area contributed by atoms with Gasteiger partial charge in [0.25, 0.3) is 0 Å². The van der Waals surface area contributed by atoms with Crippen molar-refractivity contribution < 1.29 is 0 Å². The number of aryl methyl sites for hydroxylation is 1. The van der Waals surface area contributed by atoms with Crippen LogP contribution in [-0.4, -0.2) is 12.0 Å². The van der Waals surface area contributed by atoms with E-state index in [0.717, 1.165) is 34.7 Å². The summed E-state index contributed by atoms with van der Waals surface area (Å²) in [5.74, 6) is 0. The van der Waals surface area contributed by atoms with Crippen molar-refractivity contribution in [3.63, 3.8) is 0 Å². The van der Waals surface area contributed by atoms with E-state index in [0.29, 0.717) is 6.54 Å². The number of rotatable bonds is 6. The van der Waals surface area contributed by atoms with Gasteiger partial charge in [-0.2, -0.15) is 0 Å². The average Bonchev–Trinajstić information content (AvgIpc) is 2.82. The van der Waals surface area contributed by atoms with Crippen molar-refractivity contribution in [2.24, 2.45) is 5.73 Å². The van der Waals surface area contributed by atoms with Crippen molar-refractivity contribution in [2.75, 3.05) is 11.9 Å². The zero-order valence-corrected chi connectivity index (χ0v) is 14.3. The summed E-state index contributed by atoms with van der Waals surface area (Å²) in [6, 6.07) is 8.37. The van der Waals surface area contributed by atoms with Gasteiger partial charge in [-0.3, -0.25) is 0 Å². The van der Waals surface area contributed by atoms with Gasteiger partial charge in [-0.1, -0.05) is 41.4 Å². The summed E-state index contributed by atoms with van der Waals surface area (Å²) < 4.78 is 1.11. The van der Waals surface area contributed by atoms with Gasteiger partial charge < -0.3 is 10.6 Å². The van der Waals surface area contributed by atoms with E-state index in [1.54, 1.807) is 11.3 Å². The van der Waals surface area contributed by atoms with Crippen LogP contribution in [0, 0.1) is 0 Å². The van der Waals surface area contributed by atoms with Crippen molar-refractivity contribution in [2.45, 2.75) is 32.9 Å². The maximum absolute atomic E-state index is 5.81. The standard InChI is InChI=1S/C15H20BrN3S/c1-3-5-13-14(9-17)20-15(18-13)19(2)10-11-6-4-7-12(16)8-11/h4,6-8H,3,5,9-10,17H2,1-2H3. The van der Waals surface area contributed by atoms with Crippen LogP contribution in [0.1, 0.15) is 29.5 Å². The molecular formula is C15H20BrN3S. The Labute approximate surface area is 133 Å². The first-order chi connectivity index (χ1) is 9.63. The van der Waals surface area contributed by atoms with Gasteiger partial charge in [-0.05, 0) is 24.1 Å². The van der Waals surface area contributed by atoms with Crippen LogP contribution in [0.2, 0.25) is 0 Å². The lowest BCUT2D eigenvalue weighted by molar-refractivity contribution is 0.854. The number of hydrogen-bond donors (Lipinski definition) is 1. The van der Waals surface area contributed by atoms with Crippen LogP contribution in [0.25, 0.3) is 0 Å². The van der Waals surface area contributed by atoms with Gasteiger partial charge >= 0.3 is 0 Å². The molecule has 3 nitrogen and oxygen atoms in total. The molecule has 1 aromatic carbocycles. The molecule has 2 N–H and O–H groups in total. The van der Waals surface area contributed by atoms with Crippen molar-refractivity contribution in [1.82, 2.24) is 4.98 Å². The van der Waals surface area contributed by atoms with E-state index < -0.39 is 0 Å². The van der Waals surface area contributed by atoms with Crippen molar-refractivity contribution in [1.29, 1.82) is 0 Å². The highest BCUT2D eigenvalue weighted by Gasteiger charge is 2.12. The highest BCUT2D eigenvalue weighted by Crippen LogP contribution is 2.27. The summed E-state index contributed by atoms with van der Waals surface area (Å²) in [6.07, 6.45) is 2.11. The Balaban J connectivity index is 2.14. The number of benzene rings is 1. The molecule has 0 saturated carbocycles. The lowest BCUT2D eigenvalue weighted by Crippen LogP contribution is -2.16. The van der Waals surface area contributed by atoms with E-state index >= 15 is 0 Å². The Morgan fingerprint density at radius 2 is 2.20 bits per heavy atom. The van der Waals surface area contributed by atoms with E-state index in [1.807, 2.05) is 6.07 Å². The molecule has 0 radical (unpaired) electrons. The maximum Gasteiger partial charge on any atom is 0.185 e. The van der Waals surface area contributed by atoms with Gasteiger partial charge in [0.05, 0.1) is 5.69 Å². The van der Waals surface area contributed by atoms with E-state index in [-0.39, 0.29) is 0 Å². The molecule has 2 aromatic rings. The summed E-state index contributed by atoms with van der Waals surface area (Å²) in [4.78, 5) is 8.14. The zero-order chi connectivity index (χ0) is 14.5. The average molecular weight is 354 g/mol. The Hall–Kier alpha value is -0.910. The number of aromatic nitrogens is 1. The number of nitrogens with two attached hydrogens (primary N) is 1. The molecule has 1 aromatic heterocycles. The van der Waals surface area contributed by atoms with Crippen LogP contribution in [0.3, 0.4) is 0 Å². The van der Waals surface area contributed by atoms with E-state index in [1.165, 1.54) is 10.4 Å². The normalized spacial score (nSPS) is 10.8. The summed E-state index contributed by atoms with van der Waals surface area (Å²) >= 11 is 5.22. The maximum atomic E-state index is 5.81. The smallest absolute Gasteiger partial charge is 0.185 e. The first-order valence-corrected chi connectivity index (χ1v) is 8.39.